The molecule has 7 nitrogen and oxygen atoms in total. The number of hydrogen-bond acceptors (Lipinski definition) is 4. The van der Waals surface area contributed by atoms with E-state index in [2.05, 4.69) is 34.9 Å². The summed E-state index contributed by atoms with van der Waals surface area (Å²) in [6.45, 7) is 0.778. The monoisotopic (exact) mass is 478 g/mol. The first-order chi connectivity index (χ1) is 17.0. The van der Waals surface area contributed by atoms with Gasteiger partial charge in [0.2, 0.25) is 5.91 Å². The van der Waals surface area contributed by atoms with E-state index in [0.717, 1.165) is 32.1 Å². The molecule has 0 radical (unpaired) electrons. The molecule has 0 saturated heterocycles. The van der Waals surface area contributed by atoms with Crippen molar-refractivity contribution in [1.29, 1.82) is 0 Å². The molecule has 0 bridgehead atoms. The van der Waals surface area contributed by atoms with Gasteiger partial charge in [-0.2, -0.15) is 0 Å². The van der Waals surface area contributed by atoms with E-state index in [4.69, 9.17) is 9.84 Å². The predicted molar refractivity (Wildman–Crippen MR) is 133 cm³/mol. The van der Waals surface area contributed by atoms with E-state index >= 15 is 0 Å². The van der Waals surface area contributed by atoms with Crippen molar-refractivity contribution in [2.24, 2.45) is 5.92 Å². The second-order valence-corrected chi connectivity index (χ2v) is 9.53. The fraction of sp³-hybridized carbons (Fsp3) is 0.464. The normalized spacial score (nSPS) is 15.4. The number of unbranched alkanes of at least 4 members (excludes halogenated alkanes) is 2. The van der Waals surface area contributed by atoms with Crippen molar-refractivity contribution in [3.8, 4) is 11.1 Å². The third-order valence-corrected chi connectivity index (χ3v) is 7.15. The van der Waals surface area contributed by atoms with E-state index in [1.807, 2.05) is 24.3 Å². The topological polar surface area (TPSA) is 105 Å². The Balaban J connectivity index is 1.12. The molecule has 2 amide bonds. The second kappa shape index (κ2) is 11.9. The second-order valence-electron chi connectivity index (χ2n) is 9.53. The minimum atomic E-state index is -0.874. The van der Waals surface area contributed by atoms with Gasteiger partial charge in [0.25, 0.3) is 0 Å². The van der Waals surface area contributed by atoms with Crippen molar-refractivity contribution in [2.75, 3.05) is 13.2 Å². The largest absolute Gasteiger partial charge is 0.481 e. The summed E-state index contributed by atoms with van der Waals surface area (Å²) in [7, 11) is 0. The number of benzene rings is 2. The number of carboxylic acid groups (broad SMARTS) is 1. The van der Waals surface area contributed by atoms with Gasteiger partial charge in [-0.3, -0.25) is 9.59 Å². The quantitative estimate of drug-likeness (QED) is 0.379. The molecule has 1 fully saturated rings. The lowest BCUT2D eigenvalue weighted by molar-refractivity contribution is -0.138. The molecule has 0 aromatic heterocycles. The van der Waals surface area contributed by atoms with Crippen LogP contribution in [0.15, 0.2) is 48.5 Å². The average molecular weight is 479 g/mol. The lowest BCUT2D eigenvalue weighted by atomic mass is 9.78. The zero-order valence-corrected chi connectivity index (χ0v) is 20.0. The first kappa shape index (κ1) is 24.8. The van der Waals surface area contributed by atoms with E-state index in [1.165, 1.54) is 22.3 Å². The summed E-state index contributed by atoms with van der Waals surface area (Å²) in [6.07, 6.45) is 5.24. The Morgan fingerprint density at radius 1 is 0.943 bits per heavy atom. The predicted octanol–water partition coefficient (Wildman–Crippen LogP) is 4.85. The third kappa shape index (κ3) is 6.41. The number of carbonyl (C=O) groups is 3. The number of fused-ring (bicyclic) bond motifs is 3. The number of carboxylic acids is 1. The van der Waals surface area contributed by atoms with Crippen molar-refractivity contribution < 1.29 is 24.2 Å². The van der Waals surface area contributed by atoms with Crippen LogP contribution < -0.4 is 10.6 Å². The highest BCUT2D eigenvalue weighted by Gasteiger charge is 2.30. The SMILES string of the molecule is O=C(O)CC(NC(=O)CCCCCNC(=O)OCC1c2ccccc2-c2ccccc21)C1CCC1. The van der Waals surface area contributed by atoms with Gasteiger partial charge in [0.1, 0.15) is 6.61 Å². The first-order valence-corrected chi connectivity index (χ1v) is 12.6. The molecule has 186 valence electrons. The number of rotatable bonds is 12. The number of alkyl carbamates (subject to hydrolysis) is 1. The minimum Gasteiger partial charge on any atom is -0.481 e. The summed E-state index contributed by atoms with van der Waals surface area (Å²) in [5.74, 6) is -0.637. The van der Waals surface area contributed by atoms with Gasteiger partial charge in [-0.05, 0) is 53.9 Å². The molecular weight excluding hydrogens is 444 g/mol. The molecule has 4 rings (SSSR count). The van der Waals surface area contributed by atoms with Crippen LogP contribution in [0.25, 0.3) is 11.1 Å². The molecule has 7 heteroatoms. The highest BCUT2D eigenvalue weighted by molar-refractivity contribution is 5.79. The van der Waals surface area contributed by atoms with Crippen LogP contribution in [0.5, 0.6) is 0 Å². The third-order valence-electron chi connectivity index (χ3n) is 7.15. The summed E-state index contributed by atoms with van der Waals surface area (Å²) >= 11 is 0. The van der Waals surface area contributed by atoms with Crippen molar-refractivity contribution >= 4 is 18.0 Å². The van der Waals surface area contributed by atoms with Gasteiger partial charge in [-0.1, -0.05) is 61.4 Å². The van der Waals surface area contributed by atoms with E-state index in [1.54, 1.807) is 0 Å². The highest BCUT2D eigenvalue weighted by Crippen LogP contribution is 2.44. The smallest absolute Gasteiger partial charge is 0.407 e. The summed E-state index contributed by atoms with van der Waals surface area (Å²) < 4.78 is 5.54. The first-order valence-electron chi connectivity index (χ1n) is 12.6. The van der Waals surface area contributed by atoms with Crippen LogP contribution in [0.4, 0.5) is 4.79 Å². The molecule has 0 heterocycles. The van der Waals surface area contributed by atoms with E-state index in [-0.39, 0.29) is 30.2 Å². The number of nitrogens with one attached hydrogen (secondary N) is 2. The number of ether oxygens (including phenoxy) is 1. The summed E-state index contributed by atoms with van der Waals surface area (Å²) in [6, 6.07) is 16.2. The summed E-state index contributed by atoms with van der Waals surface area (Å²) in [5.41, 5.74) is 4.76. The molecule has 0 aliphatic heterocycles. The van der Waals surface area contributed by atoms with Crippen LogP contribution in [0.2, 0.25) is 0 Å². The summed E-state index contributed by atoms with van der Waals surface area (Å²) in [4.78, 5) is 35.5. The van der Waals surface area contributed by atoms with Crippen LogP contribution in [0.3, 0.4) is 0 Å². The van der Waals surface area contributed by atoms with Crippen molar-refractivity contribution in [2.45, 2.75) is 63.3 Å². The van der Waals surface area contributed by atoms with Gasteiger partial charge in [0.05, 0.1) is 6.42 Å². The number of aliphatic carboxylic acids is 1. The van der Waals surface area contributed by atoms with E-state index in [0.29, 0.717) is 26.0 Å². The standard InChI is InChI=1S/C28H34N2O5/c31-26(30-25(17-27(32)33)19-9-8-10-19)15-2-1-7-16-29-28(34)35-18-24-22-13-5-3-11-20(22)21-12-4-6-14-23(21)24/h3-6,11-14,19,24-25H,1-2,7-10,15-18H2,(H,29,34)(H,30,31)(H,32,33). The fourth-order valence-electron chi connectivity index (χ4n) is 5.07. The Bertz CT molecular complexity index is 1000. The van der Waals surface area contributed by atoms with Gasteiger partial charge in [0, 0.05) is 24.9 Å². The molecule has 2 aromatic rings. The molecule has 2 aromatic carbocycles. The lowest BCUT2D eigenvalue weighted by Gasteiger charge is -2.33. The Kier molecular flexibility index (Phi) is 8.40. The Morgan fingerprint density at radius 2 is 1.60 bits per heavy atom. The molecule has 35 heavy (non-hydrogen) atoms. The van der Waals surface area contributed by atoms with E-state index in [9.17, 15) is 14.4 Å². The Labute approximate surface area is 206 Å². The molecule has 0 spiro atoms. The van der Waals surface area contributed by atoms with Crippen molar-refractivity contribution in [3.05, 3.63) is 59.7 Å². The van der Waals surface area contributed by atoms with Crippen molar-refractivity contribution in [1.82, 2.24) is 10.6 Å². The fourth-order valence-corrected chi connectivity index (χ4v) is 5.07. The molecular formula is C28H34N2O5. The van der Waals surface area contributed by atoms with Gasteiger partial charge < -0.3 is 20.5 Å². The van der Waals surface area contributed by atoms with Crippen LogP contribution in [-0.4, -0.2) is 42.3 Å². The van der Waals surface area contributed by atoms with Gasteiger partial charge in [-0.15, -0.1) is 0 Å². The molecule has 3 N–H and O–H groups in total. The lowest BCUT2D eigenvalue weighted by Crippen LogP contribution is -2.44. The van der Waals surface area contributed by atoms with Crippen LogP contribution >= 0.6 is 0 Å². The van der Waals surface area contributed by atoms with Crippen LogP contribution in [-0.2, 0) is 14.3 Å². The molecule has 1 unspecified atom stereocenters. The maximum absolute atomic E-state index is 12.2. The maximum atomic E-state index is 12.2. The zero-order valence-electron chi connectivity index (χ0n) is 20.0. The zero-order chi connectivity index (χ0) is 24.6. The highest BCUT2D eigenvalue weighted by atomic mass is 16.5. The Morgan fingerprint density at radius 3 is 2.20 bits per heavy atom. The molecule has 1 saturated carbocycles. The van der Waals surface area contributed by atoms with E-state index < -0.39 is 12.1 Å². The van der Waals surface area contributed by atoms with Crippen LogP contribution in [0, 0.1) is 5.92 Å². The average Bonchev–Trinajstić information content (AvgIpc) is 3.12. The van der Waals surface area contributed by atoms with Gasteiger partial charge in [0.15, 0.2) is 0 Å². The Hall–Kier alpha value is -3.35. The maximum Gasteiger partial charge on any atom is 0.407 e. The summed E-state index contributed by atoms with van der Waals surface area (Å²) in [5, 5.41) is 14.8. The molecule has 2 aliphatic carbocycles. The minimum absolute atomic E-state index is 0.0134. The number of amides is 2. The molecule has 1 atom stereocenters. The number of hydrogen-bond donors (Lipinski definition) is 3. The number of carbonyl (C=O) groups excluding carboxylic acids is 2. The van der Waals surface area contributed by atoms with Gasteiger partial charge in [-0.25, -0.2) is 4.79 Å². The van der Waals surface area contributed by atoms with Gasteiger partial charge >= 0.3 is 12.1 Å². The van der Waals surface area contributed by atoms with Crippen LogP contribution in [0.1, 0.15) is 68.4 Å². The molecule has 2 aliphatic rings. The van der Waals surface area contributed by atoms with Crippen molar-refractivity contribution in [3.63, 3.8) is 0 Å².